The molecule has 1 aromatic carbocycles. The minimum Gasteiger partial charge on any atom is -0.392 e. The second-order valence-corrected chi connectivity index (χ2v) is 14.4. The van der Waals surface area contributed by atoms with Gasteiger partial charge >= 0.3 is 0 Å². The molecule has 2 atom stereocenters. The van der Waals surface area contributed by atoms with Crippen LogP contribution < -0.4 is 0 Å². The number of amides is 2. The fraction of sp³-hybridized carbons (Fsp3) is 0.562. The Labute approximate surface area is 311 Å². The van der Waals surface area contributed by atoms with E-state index in [0.717, 1.165) is 71.3 Å². The van der Waals surface area contributed by atoms with Crippen LogP contribution in [0.25, 0.3) is 0 Å². The van der Waals surface area contributed by atoms with Crippen LogP contribution >= 0.6 is 43.5 Å². The zero-order valence-corrected chi connectivity index (χ0v) is 33.2. The van der Waals surface area contributed by atoms with Gasteiger partial charge in [-0.3, -0.25) is 19.4 Å². The minimum atomic E-state index is -0.922. The van der Waals surface area contributed by atoms with E-state index >= 15 is 0 Å². The van der Waals surface area contributed by atoms with E-state index < -0.39 is 6.10 Å². The number of aromatic nitrogens is 1. The van der Waals surface area contributed by atoms with Crippen LogP contribution in [-0.2, 0) is 27.2 Å². The van der Waals surface area contributed by atoms with Gasteiger partial charge in [-0.25, -0.2) is 0 Å². The second kappa shape index (κ2) is 16.0. The van der Waals surface area contributed by atoms with E-state index in [9.17, 15) is 19.5 Å². The van der Waals surface area contributed by atoms with Crippen molar-refractivity contribution in [3.63, 3.8) is 0 Å². The number of pyridine rings is 1. The Balaban J connectivity index is 0.00000423. The number of fused-ring (bicyclic) bond motifs is 2. The molecule has 1 aromatic heterocycles. The SMILES string of the molecule is CC(=O)CC(O)CC(=O)N1CCC(CC(=O)N2CCC([C@H]3c4ncc(Br)cc4CCc4cc(Cl)cc(Br)c43)CC2)CC1.[Ac]. The number of carbonyl (C=O) groups excluding carboxylic acids is 3. The smallest absolute Gasteiger partial charge is 0.225 e. The van der Waals surface area contributed by atoms with Crippen molar-refractivity contribution in [1.82, 2.24) is 14.8 Å². The fourth-order valence-corrected chi connectivity index (χ4v) is 8.51. The number of likely N-dealkylation sites (tertiary alicyclic amines) is 2. The summed E-state index contributed by atoms with van der Waals surface area (Å²) in [5.74, 6) is 0.724. The Hall–Kier alpha value is -0.368. The molecule has 43 heavy (non-hydrogen) atoms. The summed E-state index contributed by atoms with van der Waals surface area (Å²) in [6, 6.07) is 6.28. The number of Topliss-reactive ketones (excluding diaryl/α,β-unsaturated/α-hetero) is 1. The van der Waals surface area contributed by atoms with Gasteiger partial charge in [-0.2, -0.15) is 0 Å². The van der Waals surface area contributed by atoms with Crippen molar-refractivity contribution in [1.29, 1.82) is 0 Å². The summed E-state index contributed by atoms with van der Waals surface area (Å²) >= 11 is 13.9. The topological polar surface area (TPSA) is 90.8 Å². The molecule has 0 spiro atoms. The number of hydrogen-bond donors (Lipinski definition) is 1. The predicted octanol–water partition coefficient (Wildman–Crippen LogP) is 6.09. The maximum atomic E-state index is 13.3. The molecule has 1 unspecified atom stereocenters. The molecule has 2 fully saturated rings. The molecule has 2 aliphatic heterocycles. The minimum absolute atomic E-state index is 0. The number of carbonyl (C=O) groups is 3. The molecule has 2 saturated heterocycles. The van der Waals surface area contributed by atoms with Crippen molar-refractivity contribution in [2.75, 3.05) is 26.2 Å². The molecule has 229 valence electrons. The first-order valence-corrected chi connectivity index (χ1v) is 16.9. The zero-order chi connectivity index (χ0) is 30.0. The summed E-state index contributed by atoms with van der Waals surface area (Å²) in [6.45, 7) is 4.07. The van der Waals surface area contributed by atoms with E-state index in [0.29, 0.717) is 25.4 Å². The molecule has 5 rings (SSSR count). The molecule has 1 N–H and O–H groups in total. The Bertz CT molecular complexity index is 1350. The summed E-state index contributed by atoms with van der Waals surface area (Å²) in [4.78, 5) is 45.8. The van der Waals surface area contributed by atoms with Gasteiger partial charge in [0.2, 0.25) is 11.8 Å². The number of ketones is 1. The van der Waals surface area contributed by atoms with Gasteiger partial charge in [0.1, 0.15) is 5.78 Å². The van der Waals surface area contributed by atoms with E-state index in [1.54, 1.807) is 4.90 Å². The normalized spacial score (nSPS) is 20.0. The zero-order valence-electron chi connectivity index (χ0n) is 24.5. The second-order valence-electron chi connectivity index (χ2n) is 12.1. The molecular formula is C32H38AcBr2ClN3O4. The van der Waals surface area contributed by atoms with Gasteiger partial charge < -0.3 is 14.9 Å². The van der Waals surface area contributed by atoms with E-state index in [1.165, 1.54) is 23.6 Å². The van der Waals surface area contributed by atoms with Gasteiger partial charge in [-0.15, -0.1) is 0 Å². The van der Waals surface area contributed by atoms with Gasteiger partial charge in [-0.05, 0) is 108 Å². The molecule has 1 radical (unpaired) electrons. The van der Waals surface area contributed by atoms with Crippen LogP contribution in [0.15, 0.2) is 33.3 Å². The summed E-state index contributed by atoms with van der Waals surface area (Å²) in [5, 5.41) is 10.7. The van der Waals surface area contributed by atoms with Crippen LogP contribution in [0.4, 0.5) is 0 Å². The third-order valence-electron chi connectivity index (χ3n) is 9.14. The van der Waals surface area contributed by atoms with Crippen molar-refractivity contribution >= 4 is 61.1 Å². The van der Waals surface area contributed by atoms with Gasteiger partial charge in [0.05, 0.1) is 18.2 Å². The van der Waals surface area contributed by atoms with E-state index in [1.807, 2.05) is 17.2 Å². The molecule has 0 bridgehead atoms. The maximum Gasteiger partial charge on any atom is 0.225 e. The number of nitrogens with zero attached hydrogens (tertiary/aromatic N) is 3. The van der Waals surface area contributed by atoms with Crippen molar-refractivity contribution < 1.29 is 63.6 Å². The number of hydrogen-bond acceptors (Lipinski definition) is 5. The van der Waals surface area contributed by atoms with Crippen LogP contribution in [-0.4, -0.2) is 69.8 Å². The molecule has 3 aliphatic rings. The van der Waals surface area contributed by atoms with E-state index in [2.05, 4.69) is 44.0 Å². The average molecular weight is 951 g/mol. The van der Waals surface area contributed by atoms with Gasteiger partial charge in [0.15, 0.2) is 0 Å². The van der Waals surface area contributed by atoms with Gasteiger partial charge in [0.25, 0.3) is 0 Å². The Kier molecular flexibility index (Phi) is 13.2. The first-order chi connectivity index (χ1) is 20.1. The molecule has 1 aliphatic carbocycles. The number of halogens is 3. The van der Waals surface area contributed by atoms with E-state index in [4.69, 9.17) is 16.6 Å². The van der Waals surface area contributed by atoms with Crippen LogP contribution in [0.5, 0.6) is 0 Å². The Morgan fingerprint density at radius 3 is 2.26 bits per heavy atom. The number of aliphatic hydroxyl groups is 1. The standard InChI is InChI=1S/C32H38Br2ClN3O4.Ac/c1-19(39)12-26(40)17-29(42)37-8-4-20(5-9-37)13-28(41)38-10-6-21(7-11-38)31-30-22(15-25(35)16-27(30)34)2-3-23-14-24(33)18-36-32(23)31;/h14-16,18,20-21,26,31,40H,2-13,17H2,1H3;/t26?,31-;/m1./s1. The van der Waals surface area contributed by atoms with Crippen molar-refractivity contribution in [2.24, 2.45) is 11.8 Å². The summed E-state index contributed by atoms with van der Waals surface area (Å²) < 4.78 is 2.02. The number of rotatable bonds is 7. The quantitative estimate of drug-likeness (QED) is 0.364. The first kappa shape index (κ1) is 35.5. The molecule has 2 amide bonds. The molecule has 3 heterocycles. The third-order valence-corrected chi connectivity index (χ3v) is 10.5. The van der Waals surface area contributed by atoms with Crippen LogP contribution in [0, 0.1) is 55.9 Å². The molecular weight excluding hydrogens is 913 g/mol. The molecule has 0 saturated carbocycles. The average Bonchev–Trinajstić information content (AvgIpc) is 3.09. The molecule has 11 heteroatoms. The third kappa shape index (κ3) is 8.92. The maximum absolute atomic E-state index is 13.3. The Morgan fingerprint density at radius 2 is 1.58 bits per heavy atom. The monoisotopic (exact) mass is 948 g/mol. The number of aryl methyl sites for hydroxylation is 2. The van der Waals surface area contributed by atoms with Gasteiger partial charge in [0, 0.05) is 109 Å². The van der Waals surface area contributed by atoms with Crippen molar-refractivity contribution in [3.05, 3.63) is 60.7 Å². The van der Waals surface area contributed by atoms with Crippen LogP contribution in [0.2, 0.25) is 5.02 Å². The van der Waals surface area contributed by atoms with Crippen molar-refractivity contribution in [3.8, 4) is 0 Å². The fourth-order valence-electron chi connectivity index (χ4n) is 7.01. The molecule has 7 nitrogen and oxygen atoms in total. The number of benzene rings is 1. The first-order valence-electron chi connectivity index (χ1n) is 14.9. The van der Waals surface area contributed by atoms with Crippen LogP contribution in [0.1, 0.15) is 80.2 Å². The number of aliphatic hydroxyl groups excluding tert-OH is 1. The predicted molar refractivity (Wildman–Crippen MR) is 169 cm³/mol. The van der Waals surface area contributed by atoms with Crippen molar-refractivity contribution in [2.45, 2.75) is 76.7 Å². The largest absolute Gasteiger partial charge is 0.392 e. The van der Waals surface area contributed by atoms with Crippen LogP contribution in [0.3, 0.4) is 0 Å². The summed E-state index contributed by atoms with van der Waals surface area (Å²) in [5.41, 5.74) is 4.96. The summed E-state index contributed by atoms with van der Waals surface area (Å²) in [6.07, 6.45) is 6.69. The van der Waals surface area contributed by atoms with Gasteiger partial charge in [-0.1, -0.05) is 27.5 Å². The Morgan fingerprint density at radius 1 is 0.953 bits per heavy atom. The van der Waals surface area contributed by atoms with E-state index in [-0.39, 0.29) is 86.3 Å². The molecule has 2 aromatic rings. The summed E-state index contributed by atoms with van der Waals surface area (Å²) in [7, 11) is 0. The number of piperidine rings is 2.